The maximum atomic E-state index is 12.9. The Morgan fingerprint density at radius 2 is 2.04 bits per heavy atom. The molecule has 0 saturated carbocycles. The number of benzene rings is 2. The quantitative estimate of drug-likeness (QED) is 0.737. The SMILES string of the molecule is COc1ccc2[nH]c(C)c(CC3CCCN3C(=O)Cc3ccccc3)c2c1. The summed E-state index contributed by atoms with van der Waals surface area (Å²) >= 11 is 0. The molecule has 4 rings (SSSR count). The van der Waals surface area contributed by atoms with E-state index < -0.39 is 0 Å². The summed E-state index contributed by atoms with van der Waals surface area (Å²) in [4.78, 5) is 18.5. The number of rotatable bonds is 5. The molecule has 4 nitrogen and oxygen atoms in total. The van der Waals surface area contributed by atoms with Gasteiger partial charge in [-0.1, -0.05) is 30.3 Å². The molecule has 1 aromatic heterocycles. The van der Waals surface area contributed by atoms with Crippen LogP contribution in [-0.4, -0.2) is 35.5 Å². The monoisotopic (exact) mass is 362 g/mol. The fourth-order valence-corrected chi connectivity index (χ4v) is 4.24. The molecule has 1 atom stereocenters. The van der Waals surface area contributed by atoms with Gasteiger partial charge < -0.3 is 14.6 Å². The fraction of sp³-hybridized carbons (Fsp3) is 0.348. The summed E-state index contributed by atoms with van der Waals surface area (Å²) in [5.74, 6) is 1.10. The molecule has 1 saturated heterocycles. The molecular weight excluding hydrogens is 336 g/mol. The van der Waals surface area contributed by atoms with Crippen molar-refractivity contribution < 1.29 is 9.53 Å². The topological polar surface area (TPSA) is 45.3 Å². The zero-order valence-corrected chi connectivity index (χ0v) is 16.0. The first-order chi connectivity index (χ1) is 13.2. The lowest BCUT2D eigenvalue weighted by molar-refractivity contribution is -0.131. The summed E-state index contributed by atoms with van der Waals surface area (Å²) < 4.78 is 5.40. The Kier molecular flexibility index (Phi) is 4.88. The Hall–Kier alpha value is -2.75. The van der Waals surface area contributed by atoms with Gasteiger partial charge in [-0.2, -0.15) is 0 Å². The lowest BCUT2D eigenvalue weighted by Crippen LogP contribution is -2.37. The number of H-pyrrole nitrogens is 1. The van der Waals surface area contributed by atoms with Crippen molar-refractivity contribution in [2.75, 3.05) is 13.7 Å². The molecular formula is C23H26N2O2. The Morgan fingerprint density at radius 3 is 2.81 bits per heavy atom. The van der Waals surface area contributed by atoms with E-state index in [-0.39, 0.29) is 11.9 Å². The van der Waals surface area contributed by atoms with E-state index in [4.69, 9.17) is 4.74 Å². The maximum absolute atomic E-state index is 12.9. The molecule has 2 heterocycles. The molecule has 2 aromatic carbocycles. The van der Waals surface area contributed by atoms with Crippen LogP contribution in [0.3, 0.4) is 0 Å². The number of carbonyl (C=O) groups is 1. The number of methoxy groups -OCH3 is 1. The van der Waals surface area contributed by atoms with Gasteiger partial charge in [-0.25, -0.2) is 0 Å². The first-order valence-electron chi connectivity index (χ1n) is 9.64. The summed E-state index contributed by atoms with van der Waals surface area (Å²) in [5.41, 5.74) is 4.69. The van der Waals surface area contributed by atoms with Crippen LogP contribution in [0.4, 0.5) is 0 Å². The summed E-state index contributed by atoms with van der Waals surface area (Å²) in [5, 5.41) is 1.20. The van der Waals surface area contributed by atoms with E-state index in [0.717, 1.165) is 42.6 Å². The van der Waals surface area contributed by atoms with Crippen molar-refractivity contribution in [3.63, 3.8) is 0 Å². The zero-order chi connectivity index (χ0) is 18.8. The van der Waals surface area contributed by atoms with Crippen LogP contribution in [0.25, 0.3) is 10.9 Å². The highest BCUT2D eigenvalue weighted by Gasteiger charge is 2.29. The molecule has 1 amide bonds. The first kappa shape index (κ1) is 17.7. The average Bonchev–Trinajstić information content (AvgIpc) is 3.27. The minimum absolute atomic E-state index is 0.235. The molecule has 0 bridgehead atoms. The van der Waals surface area contributed by atoms with Gasteiger partial charge in [0.25, 0.3) is 0 Å². The summed E-state index contributed by atoms with van der Waals surface area (Å²) in [7, 11) is 1.70. The second-order valence-corrected chi connectivity index (χ2v) is 7.39. The Balaban J connectivity index is 1.55. The predicted molar refractivity (Wildman–Crippen MR) is 108 cm³/mol. The summed E-state index contributed by atoms with van der Waals surface area (Å²) in [6.07, 6.45) is 3.52. The number of aromatic nitrogens is 1. The highest BCUT2D eigenvalue weighted by atomic mass is 16.5. The van der Waals surface area contributed by atoms with Crippen LogP contribution in [0.1, 0.15) is 29.7 Å². The Labute approximate surface area is 160 Å². The number of nitrogens with zero attached hydrogens (tertiary/aromatic N) is 1. The number of amides is 1. The van der Waals surface area contributed by atoms with Gasteiger partial charge in [0.2, 0.25) is 5.91 Å². The largest absolute Gasteiger partial charge is 0.497 e. The van der Waals surface area contributed by atoms with Crippen LogP contribution in [-0.2, 0) is 17.6 Å². The van der Waals surface area contributed by atoms with Gasteiger partial charge >= 0.3 is 0 Å². The normalized spacial score (nSPS) is 16.8. The fourth-order valence-electron chi connectivity index (χ4n) is 4.24. The molecule has 1 aliphatic rings. The third-order valence-electron chi connectivity index (χ3n) is 5.66. The van der Waals surface area contributed by atoms with Crippen LogP contribution in [0.2, 0.25) is 0 Å². The predicted octanol–water partition coefficient (Wildman–Crippen LogP) is 4.26. The molecule has 0 radical (unpaired) electrons. The minimum atomic E-state index is 0.235. The maximum Gasteiger partial charge on any atom is 0.227 e. The summed E-state index contributed by atoms with van der Waals surface area (Å²) in [6.45, 7) is 2.98. The van der Waals surface area contributed by atoms with E-state index in [2.05, 4.69) is 28.9 Å². The molecule has 140 valence electrons. The second kappa shape index (κ2) is 7.47. The van der Waals surface area contributed by atoms with Crippen LogP contribution < -0.4 is 4.74 Å². The number of fused-ring (bicyclic) bond motifs is 1. The minimum Gasteiger partial charge on any atom is -0.497 e. The van der Waals surface area contributed by atoms with Crippen LogP contribution >= 0.6 is 0 Å². The summed E-state index contributed by atoms with van der Waals surface area (Å²) in [6, 6.07) is 16.4. The lowest BCUT2D eigenvalue weighted by atomic mass is 10.0. The number of hydrogen-bond donors (Lipinski definition) is 1. The van der Waals surface area contributed by atoms with E-state index in [9.17, 15) is 4.79 Å². The third kappa shape index (κ3) is 3.57. The number of aryl methyl sites for hydroxylation is 1. The number of ether oxygens (including phenoxy) is 1. The number of nitrogens with one attached hydrogen (secondary N) is 1. The number of aromatic amines is 1. The van der Waals surface area contributed by atoms with Gasteiger partial charge in [0.15, 0.2) is 0 Å². The molecule has 1 N–H and O–H groups in total. The molecule has 1 fully saturated rings. The highest BCUT2D eigenvalue weighted by Crippen LogP contribution is 2.30. The standard InChI is InChI=1S/C23H26N2O2/c1-16-20(21-15-19(27-2)10-11-22(21)24-16)14-18-9-6-12-25(18)23(26)13-17-7-4-3-5-8-17/h3-5,7-8,10-11,15,18,24H,6,9,12-14H2,1-2H3. The Bertz CT molecular complexity index is 946. The molecule has 0 aliphatic carbocycles. The van der Waals surface area contributed by atoms with Crippen molar-refractivity contribution in [1.29, 1.82) is 0 Å². The van der Waals surface area contributed by atoms with Gasteiger partial charge in [0, 0.05) is 29.2 Å². The van der Waals surface area contributed by atoms with E-state index in [1.807, 2.05) is 36.4 Å². The van der Waals surface area contributed by atoms with Crippen LogP contribution in [0, 0.1) is 6.92 Å². The van der Waals surface area contributed by atoms with Gasteiger partial charge in [-0.05, 0) is 55.5 Å². The molecule has 4 heteroatoms. The van der Waals surface area contributed by atoms with Crippen molar-refractivity contribution in [3.05, 3.63) is 65.4 Å². The number of carbonyl (C=O) groups excluding carboxylic acids is 1. The van der Waals surface area contributed by atoms with E-state index in [0.29, 0.717) is 6.42 Å². The first-order valence-corrected chi connectivity index (χ1v) is 9.64. The van der Waals surface area contributed by atoms with Crippen molar-refractivity contribution in [2.45, 2.75) is 38.6 Å². The number of likely N-dealkylation sites (tertiary alicyclic amines) is 1. The van der Waals surface area contributed by atoms with E-state index in [1.165, 1.54) is 16.6 Å². The number of hydrogen-bond acceptors (Lipinski definition) is 2. The van der Waals surface area contributed by atoms with Crippen LogP contribution in [0.5, 0.6) is 5.75 Å². The lowest BCUT2D eigenvalue weighted by Gasteiger charge is -2.25. The molecule has 0 spiro atoms. The van der Waals surface area contributed by atoms with Crippen molar-refractivity contribution >= 4 is 16.8 Å². The van der Waals surface area contributed by atoms with Gasteiger partial charge in [-0.15, -0.1) is 0 Å². The van der Waals surface area contributed by atoms with Crippen molar-refractivity contribution in [2.24, 2.45) is 0 Å². The molecule has 1 unspecified atom stereocenters. The van der Waals surface area contributed by atoms with Gasteiger partial charge in [0.1, 0.15) is 5.75 Å². The second-order valence-electron chi connectivity index (χ2n) is 7.39. The molecule has 3 aromatic rings. The smallest absolute Gasteiger partial charge is 0.227 e. The van der Waals surface area contributed by atoms with Crippen molar-refractivity contribution in [3.8, 4) is 5.75 Å². The van der Waals surface area contributed by atoms with Crippen LogP contribution in [0.15, 0.2) is 48.5 Å². The van der Waals surface area contributed by atoms with E-state index >= 15 is 0 Å². The van der Waals surface area contributed by atoms with Crippen molar-refractivity contribution in [1.82, 2.24) is 9.88 Å². The molecule has 27 heavy (non-hydrogen) atoms. The Morgan fingerprint density at radius 1 is 1.22 bits per heavy atom. The van der Waals surface area contributed by atoms with Gasteiger partial charge in [0.05, 0.1) is 13.5 Å². The highest BCUT2D eigenvalue weighted by molar-refractivity contribution is 5.86. The third-order valence-corrected chi connectivity index (χ3v) is 5.66. The average molecular weight is 362 g/mol. The van der Waals surface area contributed by atoms with E-state index in [1.54, 1.807) is 7.11 Å². The van der Waals surface area contributed by atoms with Gasteiger partial charge in [-0.3, -0.25) is 4.79 Å². The zero-order valence-electron chi connectivity index (χ0n) is 16.0. The molecule has 1 aliphatic heterocycles.